The molecule has 0 aliphatic heterocycles. The van der Waals surface area contributed by atoms with Gasteiger partial charge < -0.3 is 10.6 Å². The van der Waals surface area contributed by atoms with Crippen molar-refractivity contribution in [3.05, 3.63) is 65.5 Å². The molecule has 0 spiro atoms. The van der Waals surface area contributed by atoms with Crippen molar-refractivity contribution in [3.63, 3.8) is 0 Å². The summed E-state index contributed by atoms with van der Waals surface area (Å²) in [5.74, 6) is -0.816. The number of carbonyl (C=O) groups excluding carboxylic acids is 2. The van der Waals surface area contributed by atoms with Crippen molar-refractivity contribution in [3.8, 4) is 0 Å². The van der Waals surface area contributed by atoms with Crippen LogP contribution in [0.25, 0.3) is 0 Å². The molecule has 0 bridgehead atoms. The molecule has 4 nitrogen and oxygen atoms in total. The lowest BCUT2D eigenvalue weighted by atomic mass is 10.0. The van der Waals surface area contributed by atoms with Gasteiger partial charge in [-0.25, -0.2) is 4.39 Å². The third kappa shape index (κ3) is 5.41. The van der Waals surface area contributed by atoms with E-state index < -0.39 is 17.8 Å². The minimum absolute atomic E-state index is 0.186. The molecule has 0 aliphatic carbocycles. The zero-order chi connectivity index (χ0) is 18.4. The smallest absolute Gasteiger partial charge is 0.251 e. The molecule has 2 rings (SSSR count). The van der Waals surface area contributed by atoms with E-state index in [9.17, 15) is 14.0 Å². The molecule has 0 heterocycles. The molecule has 25 heavy (non-hydrogen) atoms. The van der Waals surface area contributed by atoms with Crippen LogP contribution in [0.15, 0.2) is 48.5 Å². The Kier molecular flexibility index (Phi) is 6.28. The van der Waals surface area contributed by atoms with E-state index in [0.29, 0.717) is 23.2 Å². The first-order valence-electron chi connectivity index (χ1n) is 8.28. The molecular formula is C20H23FN2O2. The van der Waals surface area contributed by atoms with Gasteiger partial charge in [0.2, 0.25) is 5.91 Å². The van der Waals surface area contributed by atoms with Gasteiger partial charge in [0.15, 0.2) is 0 Å². The third-order valence-electron chi connectivity index (χ3n) is 3.73. The lowest BCUT2D eigenvalue weighted by Gasteiger charge is -2.19. The van der Waals surface area contributed by atoms with Crippen LogP contribution in [0.3, 0.4) is 0 Å². The highest BCUT2D eigenvalue weighted by molar-refractivity contribution is 5.97. The molecule has 0 radical (unpaired) electrons. The van der Waals surface area contributed by atoms with Gasteiger partial charge in [0, 0.05) is 12.1 Å². The number of halogens is 1. The highest BCUT2D eigenvalue weighted by atomic mass is 19.1. The predicted molar refractivity (Wildman–Crippen MR) is 96.5 cm³/mol. The minimum Gasteiger partial charge on any atom is -0.341 e. The van der Waals surface area contributed by atoms with Crippen molar-refractivity contribution in [1.82, 2.24) is 5.32 Å². The van der Waals surface area contributed by atoms with Crippen LogP contribution in [0.1, 0.15) is 37.4 Å². The Labute approximate surface area is 147 Å². The monoisotopic (exact) mass is 342 g/mol. The van der Waals surface area contributed by atoms with Crippen molar-refractivity contribution in [2.75, 3.05) is 5.32 Å². The van der Waals surface area contributed by atoms with Crippen molar-refractivity contribution in [2.45, 2.75) is 33.2 Å². The SMILES string of the molecule is Cc1ccc(NC(=O)C(NC(=O)CC(C)C)c2ccccc2)cc1F. The van der Waals surface area contributed by atoms with E-state index in [-0.39, 0.29) is 11.8 Å². The summed E-state index contributed by atoms with van der Waals surface area (Å²) in [5, 5.41) is 5.44. The Bertz CT molecular complexity index is 745. The number of amides is 2. The summed E-state index contributed by atoms with van der Waals surface area (Å²) in [5.41, 5.74) is 1.53. The van der Waals surface area contributed by atoms with Crippen LogP contribution in [0.5, 0.6) is 0 Å². The third-order valence-corrected chi connectivity index (χ3v) is 3.73. The second kappa shape index (κ2) is 8.42. The van der Waals surface area contributed by atoms with Gasteiger partial charge in [0.1, 0.15) is 11.9 Å². The van der Waals surface area contributed by atoms with Gasteiger partial charge in [0.25, 0.3) is 5.91 Å². The first-order valence-corrected chi connectivity index (χ1v) is 8.28. The van der Waals surface area contributed by atoms with E-state index in [1.165, 1.54) is 6.07 Å². The van der Waals surface area contributed by atoms with E-state index in [2.05, 4.69) is 10.6 Å². The molecule has 2 amide bonds. The molecule has 2 aromatic carbocycles. The molecule has 132 valence electrons. The summed E-state index contributed by atoms with van der Waals surface area (Å²) in [7, 11) is 0. The molecule has 0 aromatic heterocycles. The van der Waals surface area contributed by atoms with E-state index in [4.69, 9.17) is 0 Å². The number of hydrogen-bond donors (Lipinski definition) is 2. The van der Waals surface area contributed by atoms with Gasteiger partial charge >= 0.3 is 0 Å². The first kappa shape index (κ1) is 18.6. The van der Waals surface area contributed by atoms with Gasteiger partial charge in [-0.3, -0.25) is 9.59 Å². The Balaban J connectivity index is 2.20. The number of hydrogen-bond acceptors (Lipinski definition) is 2. The van der Waals surface area contributed by atoms with Crippen LogP contribution in [-0.2, 0) is 9.59 Å². The Morgan fingerprint density at radius 3 is 2.36 bits per heavy atom. The fraction of sp³-hybridized carbons (Fsp3) is 0.300. The van der Waals surface area contributed by atoms with Gasteiger partial charge in [0.05, 0.1) is 0 Å². The fourth-order valence-corrected chi connectivity index (χ4v) is 2.42. The van der Waals surface area contributed by atoms with Gasteiger partial charge in [-0.2, -0.15) is 0 Å². The van der Waals surface area contributed by atoms with Crippen molar-refractivity contribution in [2.24, 2.45) is 5.92 Å². The molecule has 0 fully saturated rings. The number of carbonyl (C=O) groups is 2. The Hall–Kier alpha value is -2.69. The topological polar surface area (TPSA) is 58.2 Å². The highest BCUT2D eigenvalue weighted by Gasteiger charge is 2.23. The second-order valence-corrected chi connectivity index (χ2v) is 6.46. The first-order chi connectivity index (χ1) is 11.9. The maximum absolute atomic E-state index is 13.7. The Morgan fingerprint density at radius 1 is 1.08 bits per heavy atom. The van der Waals surface area contributed by atoms with Crippen LogP contribution in [0, 0.1) is 18.7 Å². The lowest BCUT2D eigenvalue weighted by Crippen LogP contribution is -2.37. The molecule has 1 unspecified atom stereocenters. The van der Waals surface area contributed by atoms with Crippen molar-refractivity contribution < 1.29 is 14.0 Å². The number of anilines is 1. The molecule has 5 heteroatoms. The average Bonchev–Trinajstić information content (AvgIpc) is 2.56. The average molecular weight is 342 g/mol. The van der Waals surface area contributed by atoms with Crippen LogP contribution >= 0.6 is 0 Å². The minimum atomic E-state index is -0.836. The van der Waals surface area contributed by atoms with E-state index >= 15 is 0 Å². The maximum atomic E-state index is 13.7. The van der Waals surface area contributed by atoms with E-state index in [0.717, 1.165) is 0 Å². The Morgan fingerprint density at radius 2 is 1.76 bits per heavy atom. The fourth-order valence-electron chi connectivity index (χ4n) is 2.42. The van der Waals surface area contributed by atoms with Crippen LogP contribution in [0.4, 0.5) is 10.1 Å². The predicted octanol–water partition coefficient (Wildman–Crippen LogP) is 3.98. The highest BCUT2D eigenvalue weighted by Crippen LogP contribution is 2.18. The molecule has 2 N–H and O–H groups in total. The zero-order valence-electron chi connectivity index (χ0n) is 14.7. The summed E-state index contributed by atoms with van der Waals surface area (Å²) in [6, 6.07) is 12.6. The zero-order valence-corrected chi connectivity index (χ0v) is 14.7. The summed E-state index contributed by atoms with van der Waals surface area (Å²) in [6.07, 6.45) is 0.329. The maximum Gasteiger partial charge on any atom is 0.251 e. The van der Waals surface area contributed by atoms with Gasteiger partial charge in [-0.1, -0.05) is 50.2 Å². The lowest BCUT2D eigenvalue weighted by molar-refractivity contribution is -0.127. The van der Waals surface area contributed by atoms with Crippen molar-refractivity contribution in [1.29, 1.82) is 0 Å². The summed E-state index contributed by atoms with van der Waals surface area (Å²) in [6.45, 7) is 5.53. The van der Waals surface area contributed by atoms with Gasteiger partial charge in [-0.05, 0) is 36.1 Å². The number of benzene rings is 2. The number of nitrogens with one attached hydrogen (secondary N) is 2. The standard InChI is InChI=1S/C20H23FN2O2/c1-13(2)11-18(24)23-19(15-7-5-4-6-8-15)20(25)22-16-10-9-14(3)17(21)12-16/h4-10,12-13,19H,11H2,1-3H3,(H,22,25)(H,23,24). The van der Waals surface area contributed by atoms with Crippen LogP contribution in [-0.4, -0.2) is 11.8 Å². The van der Waals surface area contributed by atoms with Crippen LogP contribution < -0.4 is 10.6 Å². The normalized spacial score (nSPS) is 11.9. The molecule has 0 saturated carbocycles. The number of rotatable bonds is 6. The summed E-state index contributed by atoms with van der Waals surface area (Å²) < 4.78 is 13.7. The van der Waals surface area contributed by atoms with E-state index in [1.807, 2.05) is 19.9 Å². The second-order valence-electron chi connectivity index (χ2n) is 6.46. The molecule has 1 atom stereocenters. The summed E-state index contributed by atoms with van der Waals surface area (Å²) >= 11 is 0. The summed E-state index contributed by atoms with van der Waals surface area (Å²) in [4.78, 5) is 24.8. The molecule has 2 aromatic rings. The largest absolute Gasteiger partial charge is 0.341 e. The molecule has 0 saturated heterocycles. The number of aryl methyl sites for hydroxylation is 1. The van der Waals surface area contributed by atoms with Crippen molar-refractivity contribution >= 4 is 17.5 Å². The molecule has 0 aliphatic rings. The van der Waals surface area contributed by atoms with Crippen LogP contribution in [0.2, 0.25) is 0 Å². The van der Waals surface area contributed by atoms with Gasteiger partial charge in [-0.15, -0.1) is 0 Å². The molecular weight excluding hydrogens is 319 g/mol. The van der Waals surface area contributed by atoms with E-state index in [1.54, 1.807) is 43.3 Å². The quantitative estimate of drug-likeness (QED) is 0.834.